The molecule has 3 nitrogen and oxygen atoms in total. The molecule has 0 radical (unpaired) electrons. The average Bonchev–Trinajstić information content (AvgIpc) is 2.28. The van der Waals surface area contributed by atoms with E-state index in [1.807, 2.05) is 7.05 Å². The van der Waals surface area contributed by atoms with Crippen molar-refractivity contribution in [2.45, 2.75) is 45.3 Å². The molecule has 2 fully saturated rings. The maximum atomic E-state index is 5.79. The lowest BCUT2D eigenvalue weighted by atomic mass is 9.79. The fourth-order valence-electron chi connectivity index (χ4n) is 3.63. The molecule has 1 aliphatic carbocycles. The molecule has 0 bridgehead atoms. The van der Waals surface area contributed by atoms with Crippen LogP contribution in [0.2, 0.25) is 0 Å². The van der Waals surface area contributed by atoms with Gasteiger partial charge in [0.2, 0.25) is 0 Å². The molecular formula is C14H28N2O. The molecule has 100 valence electrons. The van der Waals surface area contributed by atoms with Crippen LogP contribution in [0.15, 0.2) is 0 Å². The number of nitrogens with one attached hydrogen (secondary N) is 1. The van der Waals surface area contributed by atoms with Gasteiger partial charge in [-0.2, -0.15) is 0 Å². The lowest BCUT2D eigenvalue weighted by Gasteiger charge is -2.43. The zero-order chi connectivity index (χ0) is 12.3. The Morgan fingerprint density at radius 1 is 1.18 bits per heavy atom. The van der Waals surface area contributed by atoms with Crippen LogP contribution in [0.25, 0.3) is 0 Å². The summed E-state index contributed by atoms with van der Waals surface area (Å²) in [6.07, 6.45) is 4.58. The van der Waals surface area contributed by atoms with E-state index < -0.39 is 0 Å². The normalized spacial score (nSPS) is 40.4. The molecule has 1 N–H and O–H groups in total. The van der Waals surface area contributed by atoms with Gasteiger partial charge in [0.15, 0.2) is 0 Å². The largest absolute Gasteiger partial charge is 0.374 e. The van der Waals surface area contributed by atoms with Gasteiger partial charge in [0.05, 0.1) is 12.7 Å². The highest BCUT2D eigenvalue weighted by molar-refractivity contribution is 4.85. The molecule has 1 saturated heterocycles. The van der Waals surface area contributed by atoms with Crippen LogP contribution in [0.1, 0.15) is 33.1 Å². The van der Waals surface area contributed by atoms with Crippen molar-refractivity contribution in [3.05, 3.63) is 0 Å². The minimum atomic E-state index is 0.390. The van der Waals surface area contributed by atoms with E-state index in [4.69, 9.17) is 4.74 Å². The summed E-state index contributed by atoms with van der Waals surface area (Å²) in [5.74, 6) is 1.80. The molecule has 2 aliphatic rings. The van der Waals surface area contributed by atoms with Gasteiger partial charge in [-0.05, 0) is 38.1 Å². The van der Waals surface area contributed by atoms with Crippen LogP contribution in [0, 0.1) is 11.8 Å². The van der Waals surface area contributed by atoms with Crippen molar-refractivity contribution in [1.82, 2.24) is 10.2 Å². The lowest BCUT2D eigenvalue weighted by molar-refractivity contribution is -0.0521. The van der Waals surface area contributed by atoms with Crippen molar-refractivity contribution in [3.8, 4) is 0 Å². The first kappa shape index (κ1) is 13.3. The summed E-state index contributed by atoms with van der Waals surface area (Å²) in [6, 6.07) is 0.803. The fraction of sp³-hybridized carbons (Fsp3) is 1.00. The van der Waals surface area contributed by atoms with Crippen molar-refractivity contribution in [3.63, 3.8) is 0 Å². The molecule has 0 amide bonds. The van der Waals surface area contributed by atoms with Gasteiger partial charge in [0.1, 0.15) is 0 Å². The molecule has 0 aromatic carbocycles. The van der Waals surface area contributed by atoms with E-state index in [0.29, 0.717) is 6.10 Å². The number of hydrogen-bond acceptors (Lipinski definition) is 3. The van der Waals surface area contributed by atoms with Crippen LogP contribution in [0.5, 0.6) is 0 Å². The van der Waals surface area contributed by atoms with E-state index >= 15 is 0 Å². The van der Waals surface area contributed by atoms with Crippen LogP contribution < -0.4 is 5.32 Å². The number of hydrogen-bond donors (Lipinski definition) is 1. The molecule has 17 heavy (non-hydrogen) atoms. The summed E-state index contributed by atoms with van der Waals surface area (Å²) in [7, 11) is 2.01. The second kappa shape index (κ2) is 6.17. The first-order valence-electron chi connectivity index (χ1n) is 7.19. The van der Waals surface area contributed by atoms with Crippen LogP contribution in [-0.2, 0) is 4.74 Å². The predicted molar refractivity (Wildman–Crippen MR) is 71.2 cm³/mol. The Morgan fingerprint density at radius 2 is 1.88 bits per heavy atom. The smallest absolute Gasteiger partial charge is 0.0826 e. The monoisotopic (exact) mass is 240 g/mol. The van der Waals surface area contributed by atoms with Gasteiger partial charge in [0, 0.05) is 25.7 Å². The second-order valence-electron chi connectivity index (χ2n) is 6.12. The van der Waals surface area contributed by atoms with E-state index in [1.165, 1.54) is 19.3 Å². The van der Waals surface area contributed by atoms with Gasteiger partial charge < -0.3 is 10.1 Å². The first-order chi connectivity index (χ1) is 8.19. The van der Waals surface area contributed by atoms with Crippen LogP contribution in [0.3, 0.4) is 0 Å². The molecule has 1 saturated carbocycles. The third-order valence-corrected chi connectivity index (χ3v) is 4.27. The Hall–Kier alpha value is -0.120. The average molecular weight is 240 g/mol. The summed E-state index contributed by atoms with van der Waals surface area (Å²) >= 11 is 0. The lowest BCUT2D eigenvalue weighted by Crippen LogP contribution is -2.51. The second-order valence-corrected chi connectivity index (χ2v) is 6.12. The summed E-state index contributed by atoms with van der Waals surface area (Å²) < 4.78 is 5.79. The van der Waals surface area contributed by atoms with Gasteiger partial charge in [0.25, 0.3) is 0 Å². The van der Waals surface area contributed by atoms with Crippen LogP contribution in [-0.4, -0.2) is 50.3 Å². The molecular weight excluding hydrogens is 212 g/mol. The highest BCUT2D eigenvalue weighted by atomic mass is 16.5. The molecule has 3 unspecified atom stereocenters. The molecule has 0 aromatic heterocycles. The van der Waals surface area contributed by atoms with Crippen molar-refractivity contribution in [1.29, 1.82) is 0 Å². The maximum absolute atomic E-state index is 5.79. The summed E-state index contributed by atoms with van der Waals surface area (Å²) in [5, 5.41) is 3.23. The summed E-state index contributed by atoms with van der Waals surface area (Å²) in [4.78, 5) is 2.68. The highest BCUT2D eigenvalue weighted by Gasteiger charge is 2.31. The van der Waals surface area contributed by atoms with Crippen molar-refractivity contribution in [2.24, 2.45) is 11.8 Å². The van der Waals surface area contributed by atoms with Crippen LogP contribution in [0.4, 0.5) is 0 Å². The van der Waals surface area contributed by atoms with E-state index in [1.54, 1.807) is 0 Å². The summed E-state index contributed by atoms with van der Waals surface area (Å²) in [6.45, 7) is 8.96. The fourth-order valence-corrected chi connectivity index (χ4v) is 3.63. The quantitative estimate of drug-likeness (QED) is 0.813. The van der Waals surface area contributed by atoms with Crippen LogP contribution >= 0.6 is 0 Å². The minimum Gasteiger partial charge on any atom is -0.374 e. The number of nitrogens with zero attached hydrogens (tertiary/aromatic N) is 1. The van der Waals surface area contributed by atoms with E-state index in [0.717, 1.165) is 44.1 Å². The zero-order valence-corrected chi connectivity index (χ0v) is 11.6. The molecule has 1 heterocycles. The summed E-state index contributed by atoms with van der Waals surface area (Å²) in [5.41, 5.74) is 0. The van der Waals surface area contributed by atoms with Gasteiger partial charge >= 0.3 is 0 Å². The Morgan fingerprint density at radius 3 is 2.53 bits per heavy atom. The number of likely N-dealkylation sites (N-methyl/N-ethyl adjacent to an activating group) is 1. The molecule has 3 atom stereocenters. The van der Waals surface area contributed by atoms with Crippen molar-refractivity contribution >= 4 is 0 Å². The molecule has 1 aliphatic heterocycles. The van der Waals surface area contributed by atoms with Crippen molar-refractivity contribution in [2.75, 3.05) is 33.3 Å². The minimum absolute atomic E-state index is 0.390. The Balaban J connectivity index is 1.87. The maximum Gasteiger partial charge on any atom is 0.0826 e. The molecule has 2 rings (SSSR count). The Bertz CT molecular complexity index is 222. The number of rotatable bonds is 3. The SMILES string of the molecule is CNCC1CN(C2CC(C)CC(C)C2)CCO1. The predicted octanol–water partition coefficient (Wildman–Crippen LogP) is 1.73. The number of ether oxygens (including phenoxy) is 1. The molecule has 3 heteroatoms. The Labute approximate surface area is 106 Å². The molecule has 0 aromatic rings. The zero-order valence-electron chi connectivity index (χ0n) is 11.6. The standard InChI is InChI=1S/C14H28N2O/c1-11-6-12(2)8-13(7-11)16-4-5-17-14(10-16)9-15-3/h11-15H,4-10H2,1-3H3. The van der Waals surface area contributed by atoms with E-state index in [2.05, 4.69) is 24.1 Å². The van der Waals surface area contributed by atoms with Crippen molar-refractivity contribution < 1.29 is 4.74 Å². The van der Waals surface area contributed by atoms with Gasteiger partial charge in [-0.25, -0.2) is 0 Å². The Kier molecular flexibility index (Phi) is 4.83. The first-order valence-corrected chi connectivity index (χ1v) is 7.19. The third kappa shape index (κ3) is 3.67. The number of morpholine rings is 1. The van der Waals surface area contributed by atoms with Gasteiger partial charge in [-0.3, -0.25) is 4.90 Å². The van der Waals surface area contributed by atoms with Gasteiger partial charge in [-0.15, -0.1) is 0 Å². The van der Waals surface area contributed by atoms with Gasteiger partial charge in [-0.1, -0.05) is 13.8 Å². The molecule has 0 spiro atoms. The van der Waals surface area contributed by atoms with E-state index in [-0.39, 0.29) is 0 Å². The van der Waals surface area contributed by atoms with E-state index in [9.17, 15) is 0 Å². The third-order valence-electron chi connectivity index (χ3n) is 4.27. The topological polar surface area (TPSA) is 24.5 Å². The highest BCUT2D eigenvalue weighted by Crippen LogP contribution is 2.32.